The van der Waals surface area contributed by atoms with E-state index in [9.17, 15) is 0 Å². The summed E-state index contributed by atoms with van der Waals surface area (Å²) >= 11 is 20.2. The number of rotatable bonds is 2. The maximum atomic E-state index is 6.26. The predicted octanol–water partition coefficient (Wildman–Crippen LogP) is 8.88. The summed E-state index contributed by atoms with van der Waals surface area (Å²) in [5, 5.41) is 1.55. The van der Waals surface area contributed by atoms with E-state index in [1.54, 1.807) is 0 Å². The van der Waals surface area contributed by atoms with E-state index in [1.165, 1.54) is 42.4 Å². The Bertz CT molecular complexity index is 925. The van der Waals surface area contributed by atoms with E-state index >= 15 is 0 Å². The molecule has 2 unspecified atom stereocenters. The quantitative estimate of drug-likeness (QED) is 0.357. The molecule has 2 aromatic carbocycles. The zero-order valence-electron chi connectivity index (χ0n) is 16.0. The van der Waals surface area contributed by atoms with Crippen LogP contribution < -0.4 is 0 Å². The maximum Gasteiger partial charge on any atom is 0.0615 e. The number of hydrogen-bond donors (Lipinski definition) is 0. The molecule has 0 radical (unpaired) electrons. The molecule has 3 aliphatic rings. The van der Waals surface area contributed by atoms with Crippen molar-refractivity contribution < 1.29 is 0 Å². The Morgan fingerprint density at radius 3 is 1.50 bits per heavy atom. The van der Waals surface area contributed by atoms with E-state index in [-0.39, 0.29) is 10.8 Å². The monoisotopic (exact) mass is 538 g/mol. The van der Waals surface area contributed by atoms with Crippen molar-refractivity contribution in [3.63, 3.8) is 0 Å². The van der Waals surface area contributed by atoms with Gasteiger partial charge in [0.05, 0.1) is 8.81 Å². The lowest BCUT2D eigenvalue weighted by atomic mass is 9.81. The van der Waals surface area contributed by atoms with E-state index in [0.717, 1.165) is 13.4 Å². The third-order valence-electron chi connectivity index (χ3n) is 8.41. The average Bonchev–Trinajstić information content (AvgIpc) is 3.46. The van der Waals surface area contributed by atoms with Crippen LogP contribution in [0.2, 0.25) is 10.0 Å². The largest absolute Gasteiger partial charge is 0.0843 e. The summed E-state index contributed by atoms with van der Waals surface area (Å²) in [6, 6.07) is 17.0. The predicted molar refractivity (Wildman–Crippen MR) is 126 cm³/mol. The number of halogens is 4. The molecular formula is C24H22Br2Cl2. The Balaban J connectivity index is 1.84. The van der Waals surface area contributed by atoms with Gasteiger partial charge in [0.25, 0.3) is 0 Å². The molecule has 3 aliphatic carbocycles. The van der Waals surface area contributed by atoms with Gasteiger partial charge >= 0.3 is 0 Å². The first-order valence-electron chi connectivity index (χ1n) is 9.86. The van der Waals surface area contributed by atoms with Gasteiger partial charge in [-0.1, -0.05) is 74.2 Å². The summed E-state index contributed by atoms with van der Waals surface area (Å²) < 4.78 is 1.10. The molecule has 0 N–H and O–H groups in total. The van der Waals surface area contributed by atoms with Gasteiger partial charge in [-0.15, -0.1) is 0 Å². The molecule has 1 spiro atoms. The third kappa shape index (κ3) is 2.00. The minimum atomic E-state index is -0.154. The molecule has 5 rings (SSSR count). The molecule has 0 nitrogen and oxygen atoms in total. The Kier molecular flexibility index (Phi) is 4.30. The van der Waals surface area contributed by atoms with Gasteiger partial charge in [-0.3, -0.25) is 0 Å². The molecule has 2 atom stereocenters. The Morgan fingerprint density at radius 1 is 0.750 bits per heavy atom. The van der Waals surface area contributed by atoms with Crippen molar-refractivity contribution in [2.24, 2.45) is 16.2 Å². The van der Waals surface area contributed by atoms with Crippen LogP contribution in [0.5, 0.6) is 0 Å². The molecule has 3 fully saturated rings. The normalized spacial score (nSPS) is 34.9. The topological polar surface area (TPSA) is 0 Å². The second kappa shape index (κ2) is 6.13. The molecule has 0 aliphatic heterocycles. The highest BCUT2D eigenvalue weighted by Gasteiger charge is 2.99. The first kappa shape index (κ1) is 19.7. The summed E-state index contributed by atoms with van der Waals surface area (Å²) in [6.07, 6.45) is 5.20. The van der Waals surface area contributed by atoms with Gasteiger partial charge in [0.2, 0.25) is 0 Å². The second-order valence-electron chi connectivity index (χ2n) is 9.02. The van der Waals surface area contributed by atoms with Crippen LogP contribution in [0.15, 0.2) is 57.5 Å². The van der Waals surface area contributed by atoms with Crippen molar-refractivity contribution in [1.82, 2.24) is 0 Å². The van der Waals surface area contributed by atoms with E-state index in [0.29, 0.717) is 10.8 Å². The smallest absolute Gasteiger partial charge is 0.0615 e. The van der Waals surface area contributed by atoms with Crippen LogP contribution in [0.1, 0.15) is 50.7 Å². The minimum absolute atomic E-state index is 0.119. The second-order valence-corrected chi connectivity index (χ2v) is 12.5. The molecule has 0 heterocycles. The average molecular weight is 541 g/mol. The highest BCUT2D eigenvalue weighted by molar-refractivity contribution is 9.28. The molecule has 3 saturated carbocycles. The van der Waals surface area contributed by atoms with Gasteiger partial charge in [0.1, 0.15) is 0 Å². The maximum absolute atomic E-state index is 6.26. The SMILES string of the molecule is CC12CCCCC1(C)C21C(=C(Br)Br)C1(c1ccc(Cl)cc1)c1ccc(Cl)cc1. The molecule has 4 heteroatoms. The van der Waals surface area contributed by atoms with Gasteiger partial charge in [-0.25, -0.2) is 0 Å². The summed E-state index contributed by atoms with van der Waals surface area (Å²) in [6.45, 7) is 5.03. The van der Waals surface area contributed by atoms with Crippen molar-refractivity contribution in [2.75, 3.05) is 0 Å². The van der Waals surface area contributed by atoms with Crippen LogP contribution in [0, 0.1) is 16.2 Å². The molecule has 2 aromatic rings. The fraction of sp³-hybridized carbons (Fsp3) is 0.417. The number of hydrogen-bond acceptors (Lipinski definition) is 0. The minimum Gasteiger partial charge on any atom is -0.0843 e. The van der Waals surface area contributed by atoms with Gasteiger partial charge in [-0.05, 0) is 96.5 Å². The Labute approximate surface area is 194 Å². The summed E-state index contributed by atoms with van der Waals surface area (Å²) in [4.78, 5) is 0. The third-order valence-corrected chi connectivity index (χ3v) is 9.70. The van der Waals surface area contributed by atoms with Gasteiger partial charge in [-0.2, -0.15) is 0 Å². The summed E-state index contributed by atoms with van der Waals surface area (Å²) in [5.74, 6) is 0. The first-order chi connectivity index (χ1) is 13.3. The highest BCUT2D eigenvalue weighted by Crippen LogP contribution is 3.03. The fourth-order valence-corrected chi connectivity index (χ4v) is 8.75. The number of allylic oxidation sites excluding steroid dienone is 1. The molecular weight excluding hydrogens is 519 g/mol. The van der Waals surface area contributed by atoms with Crippen LogP contribution >= 0.6 is 55.1 Å². The van der Waals surface area contributed by atoms with Crippen LogP contribution in [-0.4, -0.2) is 0 Å². The van der Waals surface area contributed by atoms with Crippen LogP contribution in [0.4, 0.5) is 0 Å². The first-order valence-corrected chi connectivity index (χ1v) is 12.2. The van der Waals surface area contributed by atoms with Crippen molar-refractivity contribution in [1.29, 1.82) is 0 Å². The van der Waals surface area contributed by atoms with E-state index in [4.69, 9.17) is 23.2 Å². The molecule has 146 valence electrons. The lowest BCUT2D eigenvalue weighted by Crippen LogP contribution is -2.16. The van der Waals surface area contributed by atoms with Gasteiger partial charge in [0, 0.05) is 15.5 Å². The Morgan fingerprint density at radius 2 is 1.14 bits per heavy atom. The summed E-state index contributed by atoms with van der Waals surface area (Å²) in [7, 11) is 0. The number of benzene rings is 2. The summed E-state index contributed by atoms with van der Waals surface area (Å²) in [5.41, 5.74) is 4.67. The van der Waals surface area contributed by atoms with Gasteiger partial charge in [0.15, 0.2) is 0 Å². The molecule has 0 aromatic heterocycles. The highest BCUT2D eigenvalue weighted by atomic mass is 79.9. The zero-order chi connectivity index (χ0) is 19.9. The number of fused-ring (bicyclic) bond motifs is 3. The van der Waals surface area contributed by atoms with E-state index in [2.05, 4.69) is 70.0 Å². The zero-order valence-corrected chi connectivity index (χ0v) is 20.6. The lowest BCUT2D eigenvalue weighted by molar-refractivity contribution is 0.277. The van der Waals surface area contributed by atoms with E-state index < -0.39 is 0 Å². The van der Waals surface area contributed by atoms with Crippen molar-refractivity contribution in [2.45, 2.75) is 44.9 Å². The van der Waals surface area contributed by atoms with Crippen molar-refractivity contribution in [3.05, 3.63) is 78.7 Å². The fourth-order valence-electron chi connectivity index (χ4n) is 7.31. The Hall–Kier alpha value is -0.280. The molecule has 0 bridgehead atoms. The van der Waals surface area contributed by atoms with Gasteiger partial charge < -0.3 is 0 Å². The molecule has 28 heavy (non-hydrogen) atoms. The molecule has 0 saturated heterocycles. The van der Waals surface area contributed by atoms with Crippen LogP contribution in [-0.2, 0) is 5.41 Å². The lowest BCUT2D eigenvalue weighted by Gasteiger charge is -2.23. The standard InChI is InChI=1S/C24H22Br2Cl2/c1-21-13-3-4-14-22(21,2)24(21)19(20(25)26)23(24,15-5-9-17(27)10-6-15)16-7-11-18(28)12-8-16/h5-12H,3-4,13-14H2,1-2H3. The van der Waals surface area contributed by atoms with Crippen molar-refractivity contribution >= 4 is 55.1 Å². The van der Waals surface area contributed by atoms with Crippen LogP contribution in [0.25, 0.3) is 0 Å². The molecule has 0 amide bonds. The van der Waals surface area contributed by atoms with E-state index in [1.807, 2.05) is 24.3 Å². The van der Waals surface area contributed by atoms with Crippen LogP contribution in [0.3, 0.4) is 0 Å². The van der Waals surface area contributed by atoms with Crippen molar-refractivity contribution in [3.8, 4) is 0 Å².